The van der Waals surface area contributed by atoms with E-state index in [1.807, 2.05) is 6.92 Å². The first-order chi connectivity index (χ1) is 16.4. The van der Waals surface area contributed by atoms with E-state index in [0.29, 0.717) is 23.2 Å². The second-order valence-electron chi connectivity index (χ2n) is 8.36. The number of rotatable bonds is 6. The van der Waals surface area contributed by atoms with Crippen molar-refractivity contribution in [1.29, 1.82) is 0 Å². The smallest absolute Gasteiger partial charge is 0.268 e. The summed E-state index contributed by atoms with van der Waals surface area (Å²) in [6.07, 6.45) is 2.49. The van der Waals surface area contributed by atoms with Gasteiger partial charge in [0.25, 0.3) is 11.5 Å². The molecule has 1 aliphatic carbocycles. The van der Waals surface area contributed by atoms with Gasteiger partial charge in [0.15, 0.2) is 0 Å². The van der Waals surface area contributed by atoms with Gasteiger partial charge in [0.2, 0.25) is 5.13 Å². The van der Waals surface area contributed by atoms with Gasteiger partial charge in [0, 0.05) is 17.6 Å². The molecule has 1 saturated carbocycles. The third-order valence-corrected chi connectivity index (χ3v) is 7.20. The number of amides is 1. The monoisotopic (exact) mass is 480 g/mol. The van der Waals surface area contributed by atoms with Gasteiger partial charge in [0.1, 0.15) is 16.6 Å². The molecule has 0 spiro atoms. The quantitative estimate of drug-likeness (QED) is 0.430. The number of nitrogens with one attached hydrogen (secondary N) is 1. The fraction of sp³-hybridized carbons (Fsp3) is 0.280. The molecule has 1 aliphatic rings. The minimum atomic E-state index is -0.716. The highest BCUT2D eigenvalue weighted by Crippen LogP contribution is 2.43. The van der Waals surface area contributed by atoms with Crippen LogP contribution >= 0.6 is 11.3 Å². The zero-order valence-corrected chi connectivity index (χ0v) is 19.5. The number of nitrogens with zero attached hydrogens (tertiary/aromatic N) is 3. The Bertz CT molecular complexity index is 1490. The van der Waals surface area contributed by atoms with Crippen molar-refractivity contribution in [2.45, 2.75) is 45.6 Å². The first kappa shape index (κ1) is 22.3. The minimum absolute atomic E-state index is 0.122. The van der Waals surface area contributed by atoms with E-state index in [-0.39, 0.29) is 39.7 Å². The van der Waals surface area contributed by atoms with E-state index in [0.717, 1.165) is 17.8 Å². The third kappa shape index (κ3) is 3.79. The van der Waals surface area contributed by atoms with Crippen LogP contribution < -0.4 is 10.9 Å². The Morgan fingerprint density at radius 1 is 1.15 bits per heavy atom. The van der Waals surface area contributed by atoms with Gasteiger partial charge in [0.05, 0.1) is 10.9 Å². The van der Waals surface area contributed by atoms with Crippen LogP contribution in [-0.2, 0) is 13.0 Å². The average Bonchev–Trinajstić information content (AvgIpc) is 3.54. The van der Waals surface area contributed by atoms with Crippen LogP contribution in [0, 0.1) is 18.6 Å². The van der Waals surface area contributed by atoms with Crippen molar-refractivity contribution in [1.82, 2.24) is 20.1 Å². The van der Waals surface area contributed by atoms with Crippen molar-refractivity contribution >= 4 is 28.0 Å². The van der Waals surface area contributed by atoms with Gasteiger partial charge in [-0.1, -0.05) is 42.5 Å². The Kier molecular flexibility index (Phi) is 5.73. The molecule has 1 N–H and O–H groups in total. The number of halogens is 2. The maximum atomic E-state index is 14.8. The number of benzene rings is 2. The Labute approximate surface area is 198 Å². The van der Waals surface area contributed by atoms with E-state index < -0.39 is 17.3 Å². The van der Waals surface area contributed by atoms with Gasteiger partial charge < -0.3 is 5.32 Å². The molecule has 0 radical (unpaired) electrons. The van der Waals surface area contributed by atoms with E-state index in [4.69, 9.17) is 0 Å². The van der Waals surface area contributed by atoms with Crippen LogP contribution in [0.15, 0.2) is 41.2 Å². The van der Waals surface area contributed by atoms with Crippen LogP contribution in [0.25, 0.3) is 15.9 Å². The summed E-state index contributed by atoms with van der Waals surface area (Å²) in [4.78, 5) is 26.7. The predicted octanol–water partition coefficient (Wildman–Crippen LogP) is 4.80. The Balaban J connectivity index is 1.60. The molecule has 0 saturated heterocycles. The van der Waals surface area contributed by atoms with Crippen LogP contribution in [0.2, 0.25) is 0 Å². The van der Waals surface area contributed by atoms with Crippen LogP contribution in [0.3, 0.4) is 0 Å². The molecule has 5 rings (SSSR count). The fourth-order valence-corrected chi connectivity index (χ4v) is 5.17. The van der Waals surface area contributed by atoms with Gasteiger partial charge in [-0.2, -0.15) is 0 Å². The molecule has 1 fully saturated rings. The highest BCUT2D eigenvalue weighted by Gasteiger charge is 2.29. The van der Waals surface area contributed by atoms with E-state index in [1.165, 1.54) is 34.1 Å². The van der Waals surface area contributed by atoms with Gasteiger partial charge in [-0.25, -0.2) is 8.78 Å². The Morgan fingerprint density at radius 2 is 1.88 bits per heavy atom. The van der Waals surface area contributed by atoms with Crippen molar-refractivity contribution < 1.29 is 13.6 Å². The average molecular weight is 481 g/mol. The summed E-state index contributed by atoms with van der Waals surface area (Å²) in [6.45, 7) is 3.67. The second-order valence-corrected chi connectivity index (χ2v) is 9.41. The lowest BCUT2D eigenvalue weighted by atomic mass is 10.0. The summed E-state index contributed by atoms with van der Waals surface area (Å²) in [5.74, 6) is -1.29. The molecular weight excluding hydrogens is 458 g/mol. The number of hydrogen-bond donors (Lipinski definition) is 1. The summed E-state index contributed by atoms with van der Waals surface area (Å²) >= 11 is 1.22. The van der Waals surface area contributed by atoms with Crippen LogP contribution in [0.1, 0.15) is 57.9 Å². The molecule has 2 aromatic heterocycles. The molecule has 1 amide bonds. The van der Waals surface area contributed by atoms with Crippen LogP contribution in [0.5, 0.6) is 0 Å². The molecule has 174 valence electrons. The summed E-state index contributed by atoms with van der Waals surface area (Å²) in [7, 11) is 0. The SMILES string of the molecule is CCc1nnc(-n2c(C)c(C(=O)NCc3cccc(F)c3C3CC3)c3cccc(F)c3c2=O)s1. The van der Waals surface area contributed by atoms with E-state index in [9.17, 15) is 18.4 Å². The maximum Gasteiger partial charge on any atom is 0.268 e. The van der Waals surface area contributed by atoms with Gasteiger partial charge in [-0.3, -0.25) is 14.2 Å². The second kappa shape index (κ2) is 8.72. The molecule has 0 atom stereocenters. The van der Waals surface area contributed by atoms with Crippen molar-refractivity contribution in [2.24, 2.45) is 0 Å². The van der Waals surface area contributed by atoms with Crippen molar-refractivity contribution in [2.75, 3.05) is 0 Å². The summed E-state index contributed by atoms with van der Waals surface area (Å²) in [6, 6.07) is 9.08. The molecule has 2 aromatic carbocycles. The molecule has 4 aromatic rings. The molecule has 0 aliphatic heterocycles. The zero-order chi connectivity index (χ0) is 24.0. The lowest BCUT2D eigenvalue weighted by Crippen LogP contribution is -2.30. The normalized spacial score (nSPS) is 13.4. The molecule has 2 heterocycles. The fourth-order valence-electron chi connectivity index (χ4n) is 4.34. The zero-order valence-electron chi connectivity index (χ0n) is 18.7. The van der Waals surface area contributed by atoms with E-state index in [1.54, 1.807) is 25.1 Å². The highest BCUT2D eigenvalue weighted by atomic mass is 32.1. The molecule has 34 heavy (non-hydrogen) atoms. The van der Waals surface area contributed by atoms with Crippen LogP contribution in [-0.4, -0.2) is 20.7 Å². The predicted molar refractivity (Wildman–Crippen MR) is 127 cm³/mol. The van der Waals surface area contributed by atoms with Crippen molar-refractivity contribution in [3.05, 3.63) is 85.8 Å². The molecule has 9 heteroatoms. The van der Waals surface area contributed by atoms with Crippen molar-refractivity contribution in [3.63, 3.8) is 0 Å². The minimum Gasteiger partial charge on any atom is -0.348 e. The van der Waals surface area contributed by atoms with Gasteiger partial charge in [-0.15, -0.1) is 10.2 Å². The Morgan fingerprint density at radius 3 is 2.59 bits per heavy atom. The number of carbonyl (C=O) groups excluding carboxylic acids is 1. The highest BCUT2D eigenvalue weighted by molar-refractivity contribution is 7.13. The van der Waals surface area contributed by atoms with Gasteiger partial charge in [-0.05, 0) is 55.4 Å². The van der Waals surface area contributed by atoms with E-state index >= 15 is 0 Å². The lowest BCUT2D eigenvalue weighted by molar-refractivity contribution is 0.0951. The number of pyridine rings is 1. The topological polar surface area (TPSA) is 76.9 Å². The number of carbonyl (C=O) groups is 1. The molecular formula is C25H22F2N4O2S. The maximum absolute atomic E-state index is 14.8. The standard InChI is InChI=1S/C25H22F2N4O2S/c1-3-19-29-30-25(34-19)31-13(2)20(16-7-5-9-18(27)22(16)24(31)33)23(32)28-12-15-6-4-8-17(26)21(15)14-10-11-14/h4-9,14H,3,10-12H2,1-2H3,(H,28,32). The molecule has 0 unspecified atom stereocenters. The van der Waals surface area contributed by atoms with E-state index in [2.05, 4.69) is 15.5 Å². The van der Waals surface area contributed by atoms with Crippen LogP contribution in [0.4, 0.5) is 8.78 Å². The summed E-state index contributed by atoms with van der Waals surface area (Å²) in [5.41, 5.74) is 1.27. The van der Waals surface area contributed by atoms with Gasteiger partial charge >= 0.3 is 0 Å². The number of aryl methyl sites for hydroxylation is 1. The molecule has 0 bridgehead atoms. The molecule has 6 nitrogen and oxygen atoms in total. The largest absolute Gasteiger partial charge is 0.348 e. The lowest BCUT2D eigenvalue weighted by Gasteiger charge is -2.16. The number of aromatic nitrogens is 3. The number of hydrogen-bond acceptors (Lipinski definition) is 5. The van der Waals surface area contributed by atoms with Crippen molar-refractivity contribution in [3.8, 4) is 5.13 Å². The summed E-state index contributed by atoms with van der Waals surface area (Å²) < 4.78 is 30.5. The summed E-state index contributed by atoms with van der Waals surface area (Å²) in [5, 5.41) is 12.1. The first-order valence-electron chi connectivity index (χ1n) is 11.1. The number of fused-ring (bicyclic) bond motifs is 1. The third-order valence-electron chi connectivity index (χ3n) is 6.14. The first-order valence-corrected chi connectivity index (χ1v) is 11.9. The Hall–Kier alpha value is -3.46.